The van der Waals surface area contributed by atoms with Crippen LogP contribution in [0.15, 0.2) is 48.5 Å². The first-order chi connectivity index (χ1) is 10.1. The van der Waals surface area contributed by atoms with Gasteiger partial charge in [0, 0.05) is 22.3 Å². The Balaban J connectivity index is 1.79. The maximum Gasteiger partial charge on any atom is 0.0305 e. The minimum Gasteiger partial charge on any atom is -0.305 e. The van der Waals surface area contributed by atoms with Gasteiger partial charge >= 0.3 is 0 Å². The SMILES string of the molecule is Cc1cc(CNC(C)c2cccc3ccccc23)sc1C. The molecule has 0 amide bonds. The van der Waals surface area contributed by atoms with Crippen LogP contribution in [0.5, 0.6) is 0 Å². The first-order valence-electron chi connectivity index (χ1n) is 7.42. The minimum absolute atomic E-state index is 0.346. The van der Waals surface area contributed by atoms with Crippen LogP contribution in [-0.4, -0.2) is 0 Å². The molecule has 0 fully saturated rings. The van der Waals surface area contributed by atoms with Gasteiger partial charge in [-0.3, -0.25) is 0 Å². The van der Waals surface area contributed by atoms with Gasteiger partial charge in [0.05, 0.1) is 0 Å². The van der Waals surface area contributed by atoms with Crippen molar-refractivity contribution in [3.05, 3.63) is 69.4 Å². The summed E-state index contributed by atoms with van der Waals surface area (Å²) in [6, 6.07) is 17.8. The molecule has 0 spiro atoms. The standard InChI is InChI=1S/C19H21NS/c1-13-11-17(21-15(13)3)12-20-14(2)18-10-6-8-16-7-4-5-9-19(16)18/h4-11,14,20H,12H2,1-3H3. The van der Waals surface area contributed by atoms with E-state index in [2.05, 4.69) is 74.6 Å². The molecule has 0 saturated heterocycles. The highest BCUT2D eigenvalue weighted by Crippen LogP contribution is 2.25. The lowest BCUT2D eigenvalue weighted by Crippen LogP contribution is -2.17. The zero-order chi connectivity index (χ0) is 14.8. The number of hydrogen-bond acceptors (Lipinski definition) is 2. The highest BCUT2D eigenvalue weighted by Gasteiger charge is 2.09. The molecule has 0 bridgehead atoms. The maximum absolute atomic E-state index is 3.66. The first kappa shape index (κ1) is 14.3. The third kappa shape index (κ3) is 3.02. The van der Waals surface area contributed by atoms with Crippen molar-refractivity contribution in [2.45, 2.75) is 33.4 Å². The molecule has 2 heteroatoms. The molecular formula is C19H21NS. The molecule has 3 aromatic rings. The molecule has 0 aliphatic carbocycles. The van der Waals surface area contributed by atoms with Gasteiger partial charge in [-0.2, -0.15) is 0 Å². The van der Waals surface area contributed by atoms with E-state index in [9.17, 15) is 0 Å². The van der Waals surface area contributed by atoms with Crippen LogP contribution in [0.25, 0.3) is 10.8 Å². The van der Waals surface area contributed by atoms with Crippen LogP contribution in [0.2, 0.25) is 0 Å². The predicted octanol–water partition coefficient (Wildman–Crippen LogP) is 5.37. The van der Waals surface area contributed by atoms with Crippen LogP contribution < -0.4 is 5.32 Å². The number of nitrogens with one attached hydrogen (secondary N) is 1. The van der Waals surface area contributed by atoms with E-state index < -0.39 is 0 Å². The van der Waals surface area contributed by atoms with E-state index in [0.717, 1.165) is 6.54 Å². The molecule has 3 rings (SSSR count). The van der Waals surface area contributed by atoms with E-state index in [1.807, 2.05) is 11.3 Å². The fraction of sp³-hybridized carbons (Fsp3) is 0.263. The van der Waals surface area contributed by atoms with Crippen LogP contribution in [0.3, 0.4) is 0 Å². The van der Waals surface area contributed by atoms with E-state index in [1.54, 1.807) is 0 Å². The monoisotopic (exact) mass is 295 g/mol. The van der Waals surface area contributed by atoms with E-state index in [1.165, 1.54) is 31.7 Å². The first-order valence-corrected chi connectivity index (χ1v) is 8.24. The van der Waals surface area contributed by atoms with Gasteiger partial charge in [0.1, 0.15) is 0 Å². The molecule has 21 heavy (non-hydrogen) atoms. The average Bonchev–Trinajstić information content (AvgIpc) is 2.83. The summed E-state index contributed by atoms with van der Waals surface area (Å²) in [7, 11) is 0. The number of hydrogen-bond donors (Lipinski definition) is 1. The van der Waals surface area contributed by atoms with Crippen molar-refractivity contribution in [1.82, 2.24) is 5.32 Å². The van der Waals surface area contributed by atoms with Crippen LogP contribution in [0.1, 0.15) is 33.8 Å². The lowest BCUT2D eigenvalue weighted by Gasteiger charge is -2.16. The number of rotatable bonds is 4. The molecule has 1 unspecified atom stereocenters. The average molecular weight is 295 g/mol. The smallest absolute Gasteiger partial charge is 0.0305 e. The second-order valence-corrected chi connectivity index (χ2v) is 6.96. The Hall–Kier alpha value is -1.64. The van der Waals surface area contributed by atoms with Gasteiger partial charge in [-0.25, -0.2) is 0 Å². The minimum atomic E-state index is 0.346. The summed E-state index contributed by atoms with van der Waals surface area (Å²) in [5.74, 6) is 0. The number of fused-ring (bicyclic) bond motifs is 1. The lowest BCUT2D eigenvalue weighted by atomic mass is 10.00. The fourth-order valence-electron chi connectivity index (χ4n) is 2.73. The van der Waals surface area contributed by atoms with E-state index in [4.69, 9.17) is 0 Å². The Morgan fingerprint density at radius 2 is 1.81 bits per heavy atom. The van der Waals surface area contributed by atoms with Gasteiger partial charge in [-0.1, -0.05) is 42.5 Å². The molecule has 1 aromatic heterocycles. The molecule has 108 valence electrons. The third-order valence-corrected chi connectivity index (χ3v) is 5.24. The quantitative estimate of drug-likeness (QED) is 0.682. The molecule has 0 saturated carbocycles. The highest BCUT2D eigenvalue weighted by molar-refractivity contribution is 7.12. The zero-order valence-electron chi connectivity index (χ0n) is 12.8. The van der Waals surface area contributed by atoms with E-state index >= 15 is 0 Å². The largest absolute Gasteiger partial charge is 0.305 e. The Morgan fingerprint density at radius 3 is 2.57 bits per heavy atom. The molecule has 2 aromatic carbocycles. The number of aryl methyl sites for hydroxylation is 2. The van der Waals surface area contributed by atoms with Crippen LogP contribution >= 0.6 is 11.3 Å². The molecule has 1 atom stereocenters. The van der Waals surface area contributed by atoms with Crippen molar-refractivity contribution in [2.75, 3.05) is 0 Å². The topological polar surface area (TPSA) is 12.0 Å². The highest BCUT2D eigenvalue weighted by atomic mass is 32.1. The van der Waals surface area contributed by atoms with Gasteiger partial charge in [-0.05, 0) is 48.7 Å². The Labute approximate surface area is 130 Å². The van der Waals surface area contributed by atoms with Crippen LogP contribution in [-0.2, 0) is 6.54 Å². The maximum atomic E-state index is 3.66. The van der Waals surface area contributed by atoms with Gasteiger partial charge in [0.25, 0.3) is 0 Å². The lowest BCUT2D eigenvalue weighted by molar-refractivity contribution is 0.582. The van der Waals surface area contributed by atoms with Crippen molar-refractivity contribution < 1.29 is 0 Å². The van der Waals surface area contributed by atoms with Crippen molar-refractivity contribution in [2.24, 2.45) is 0 Å². The molecule has 1 heterocycles. The summed E-state index contributed by atoms with van der Waals surface area (Å²) in [5, 5.41) is 6.32. The molecule has 1 nitrogen and oxygen atoms in total. The Morgan fingerprint density at radius 1 is 1.05 bits per heavy atom. The van der Waals surface area contributed by atoms with Crippen molar-refractivity contribution >= 4 is 22.1 Å². The molecular weight excluding hydrogens is 274 g/mol. The van der Waals surface area contributed by atoms with E-state index in [0.29, 0.717) is 6.04 Å². The summed E-state index contributed by atoms with van der Waals surface area (Å²) < 4.78 is 0. The molecule has 0 aliphatic heterocycles. The second kappa shape index (κ2) is 6.00. The summed E-state index contributed by atoms with van der Waals surface area (Å²) >= 11 is 1.89. The fourth-order valence-corrected chi connectivity index (χ4v) is 3.73. The normalized spacial score (nSPS) is 12.7. The molecule has 0 radical (unpaired) electrons. The van der Waals surface area contributed by atoms with Crippen molar-refractivity contribution in [3.63, 3.8) is 0 Å². The van der Waals surface area contributed by atoms with Crippen LogP contribution in [0, 0.1) is 13.8 Å². The summed E-state index contributed by atoms with van der Waals surface area (Å²) in [4.78, 5) is 2.83. The number of thiophene rings is 1. The van der Waals surface area contributed by atoms with Crippen molar-refractivity contribution in [3.8, 4) is 0 Å². The van der Waals surface area contributed by atoms with Gasteiger partial charge < -0.3 is 5.32 Å². The van der Waals surface area contributed by atoms with Crippen LogP contribution in [0.4, 0.5) is 0 Å². The predicted molar refractivity (Wildman–Crippen MR) is 93.0 cm³/mol. The summed E-state index contributed by atoms with van der Waals surface area (Å²) in [5.41, 5.74) is 2.77. The second-order valence-electron chi connectivity index (χ2n) is 5.62. The van der Waals surface area contributed by atoms with Gasteiger partial charge in [-0.15, -0.1) is 11.3 Å². The van der Waals surface area contributed by atoms with E-state index in [-0.39, 0.29) is 0 Å². The third-order valence-electron chi connectivity index (χ3n) is 4.09. The summed E-state index contributed by atoms with van der Waals surface area (Å²) in [6.07, 6.45) is 0. The zero-order valence-corrected chi connectivity index (χ0v) is 13.6. The molecule has 0 aliphatic rings. The van der Waals surface area contributed by atoms with Crippen molar-refractivity contribution in [1.29, 1.82) is 0 Å². The Kier molecular flexibility index (Phi) is 4.09. The van der Waals surface area contributed by atoms with Gasteiger partial charge in [0.15, 0.2) is 0 Å². The van der Waals surface area contributed by atoms with Gasteiger partial charge in [0.2, 0.25) is 0 Å². The molecule has 1 N–H and O–H groups in total. The number of benzene rings is 2. The summed E-state index contributed by atoms with van der Waals surface area (Å²) in [6.45, 7) is 7.56. The Bertz CT molecular complexity index is 732.